The van der Waals surface area contributed by atoms with Gasteiger partial charge in [-0.15, -0.1) is 0 Å². The van der Waals surface area contributed by atoms with Gasteiger partial charge in [-0.25, -0.2) is 4.99 Å². The van der Waals surface area contributed by atoms with Crippen LogP contribution in [0.1, 0.15) is 36.8 Å². The molecule has 0 aromatic heterocycles. The molecule has 29 heavy (non-hydrogen) atoms. The van der Waals surface area contributed by atoms with Crippen molar-refractivity contribution in [3.05, 3.63) is 71.8 Å². The van der Waals surface area contributed by atoms with Crippen LogP contribution in [-0.2, 0) is 15.1 Å². The molecule has 0 spiro atoms. The molecule has 2 aromatic carbocycles. The van der Waals surface area contributed by atoms with E-state index in [1.807, 2.05) is 60.7 Å². The van der Waals surface area contributed by atoms with E-state index in [-0.39, 0.29) is 24.4 Å². The van der Waals surface area contributed by atoms with E-state index in [4.69, 9.17) is 4.99 Å². The first kappa shape index (κ1) is 19.2. The molecular formula is C23H26N4O2. The number of hydrogen-bond donors (Lipinski definition) is 2. The third kappa shape index (κ3) is 3.75. The van der Waals surface area contributed by atoms with Crippen LogP contribution in [0.3, 0.4) is 0 Å². The maximum Gasteiger partial charge on any atom is 0.264 e. The van der Waals surface area contributed by atoms with Crippen molar-refractivity contribution in [2.45, 2.75) is 37.3 Å². The smallest absolute Gasteiger partial charge is 0.264 e. The molecule has 1 saturated carbocycles. The zero-order valence-electron chi connectivity index (χ0n) is 16.6. The quantitative estimate of drug-likeness (QED) is 0.823. The van der Waals surface area contributed by atoms with Crippen molar-refractivity contribution in [2.75, 3.05) is 13.6 Å². The van der Waals surface area contributed by atoms with Crippen LogP contribution in [0.25, 0.3) is 0 Å². The molecule has 0 unspecified atom stereocenters. The lowest BCUT2D eigenvalue weighted by atomic mass is 9.83. The lowest BCUT2D eigenvalue weighted by molar-refractivity contribution is -0.123. The fraction of sp³-hybridized carbons (Fsp3) is 0.348. The van der Waals surface area contributed by atoms with Gasteiger partial charge in [0.2, 0.25) is 11.9 Å². The Balaban J connectivity index is 1.61. The van der Waals surface area contributed by atoms with Gasteiger partial charge in [-0.3, -0.25) is 14.9 Å². The van der Waals surface area contributed by atoms with Gasteiger partial charge in [0.25, 0.3) is 5.91 Å². The monoisotopic (exact) mass is 390 g/mol. The average molecular weight is 390 g/mol. The number of rotatable bonds is 5. The maximum absolute atomic E-state index is 13.2. The molecule has 6 heteroatoms. The number of hydrogen-bond acceptors (Lipinski definition) is 4. The first-order valence-corrected chi connectivity index (χ1v) is 10.1. The molecular weight excluding hydrogens is 364 g/mol. The van der Waals surface area contributed by atoms with E-state index in [9.17, 15) is 9.59 Å². The molecule has 2 amide bonds. The highest BCUT2D eigenvalue weighted by molar-refractivity contribution is 6.10. The molecule has 2 aromatic rings. The van der Waals surface area contributed by atoms with Gasteiger partial charge in [-0.1, -0.05) is 73.5 Å². The van der Waals surface area contributed by atoms with Gasteiger partial charge in [0, 0.05) is 13.1 Å². The number of nitrogens with one attached hydrogen (secondary N) is 2. The number of carbonyl (C=O) groups is 2. The topological polar surface area (TPSA) is 73.8 Å². The Morgan fingerprint density at radius 2 is 1.62 bits per heavy atom. The summed E-state index contributed by atoms with van der Waals surface area (Å²) in [6.07, 6.45) is 4.41. The fourth-order valence-electron chi connectivity index (χ4n) is 4.16. The number of amides is 2. The number of likely N-dealkylation sites (N-methyl/N-ethyl adjacent to an activating group) is 1. The predicted octanol–water partition coefficient (Wildman–Crippen LogP) is 2.41. The lowest BCUT2D eigenvalue weighted by Gasteiger charge is -2.24. The highest BCUT2D eigenvalue weighted by atomic mass is 16.2. The molecule has 1 heterocycles. The molecule has 2 aliphatic rings. The van der Waals surface area contributed by atoms with Gasteiger partial charge in [0.05, 0.1) is 6.54 Å². The molecule has 0 saturated heterocycles. The Labute approximate surface area is 171 Å². The Kier molecular flexibility index (Phi) is 5.34. The standard InChI is InChI=1S/C23H26N4O2/c1-27(16-20(28)24-19-14-8-9-15-19)22-25-21(29)23(26-22,17-10-4-2-5-11-17)18-12-6-3-7-13-18/h2-7,10-13,19H,8-9,14-16H2,1H3,(H,24,28)(H,25,26,29). The van der Waals surface area contributed by atoms with Crippen molar-refractivity contribution < 1.29 is 9.59 Å². The summed E-state index contributed by atoms with van der Waals surface area (Å²) < 4.78 is 0. The molecule has 1 aliphatic carbocycles. The first-order valence-electron chi connectivity index (χ1n) is 10.1. The average Bonchev–Trinajstić information content (AvgIpc) is 3.37. The van der Waals surface area contributed by atoms with E-state index in [0.29, 0.717) is 5.96 Å². The SMILES string of the molecule is CN(CC(=O)NC1CCCC1)C1=NC(c2ccccc2)(c2ccccc2)C(=O)N1. The summed E-state index contributed by atoms with van der Waals surface area (Å²) in [6.45, 7) is 0.148. The van der Waals surface area contributed by atoms with E-state index >= 15 is 0 Å². The zero-order valence-corrected chi connectivity index (χ0v) is 16.6. The van der Waals surface area contributed by atoms with E-state index in [0.717, 1.165) is 24.0 Å². The number of aliphatic imine (C=N–C) groups is 1. The summed E-state index contributed by atoms with van der Waals surface area (Å²) in [5.41, 5.74) is 0.429. The minimum atomic E-state index is -1.16. The number of benzene rings is 2. The number of carbonyl (C=O) groups excluding carboxylic acids is 2. The molecule has 0 bridgehead atoms. The van der Waals surface area contributed by atoms with Crippen LogP contribution < -0.4 is 10.6 Å². The summed E-state index contributed by atoms with van der Waals surface area (Å²) >= 11 is 0. The van der Waals surface area contributed by atoms with E-state index < -0.39 is 5.54 Å². The molecule has 0 radical (unpaired) electrons. The maximum atomic E-state index is 13.2. The van der Waals surface area contributed by atoms with E-state index in [1.165, 1.54) is 12.8 Å². The summed E-state index contributed by atoms with van der Waals surface area (Å²) in [6, 6.07) is 19.3. The van der Waals surface area contributed by atoms with E-state index in [1.54, 1.807) is 11.9 Å². The summed E-state index contributed by atoms with van der Waals surface area (Å²) in [4.78, 5) is 32.2. The highest BCUT2D eigenvalue weighted by Gasteiger charge is 2.47. The third-order valence-electron chi connectivity index (χ3n) is 5.67. The van der Waals surface area contributed by atoms with Crippen LogP contribution in [0.4, 0.5) is 0 Å². The van der Waals surface area contributed by atoms with E-state index in [2.05, 4.69) is 10.6 Å². The Hall–Kier alpha value is -3.15. The Bertz CT molecular complexity index is 865. The number of nitrogens with zero attached hydrogens (tertiary/aromatic N) is 2. The molecule has 0 atom stereocenters. The molecule has 4 rings (SSSR count). The largest absolute Gasteiger partial charge is 0.352 e. The van der Waals surface area contributed by atoms with Crippen molar-refractivity contribution in [3.8, 4) is 0 Å². The molecule has 1 fully saturated rings. The Morgan fingerprint density at radius 3 is 2.17 bits per heavy atom. The normalized spacial score (nSPS) is 18.2. The van der Waals surface area contributed by atoms with Crippen molar-refractivity contribution in [1.29, 1.82) is 0 Å². The van der Waals surface area contributed by atoms with Crippen molar-refractivity contribution >= 4 is 17.8 Å². The van der Waals surface area contributed by atoms with Crippen LogP contribution in [0.5, 0.6) is 0 Å². The summed E-state index contributed by atoms with van der Waals surface area (Å²) in [5, 5.41) is 5.98. The molecule has 150 valence electrons. The van der Waals surface area contributed by atoms with Crippen LogP contribution in [-0.4, -0.2) is 42.3 Å². The van der Waals surface area contributed by atoms with Gasteiger partial charge in [-0.05, 0) is 24.0 Å². The van der Waals surface area contributed by atoms with Crippen LogP contribution in [0.15, 0.2) is 65.7 Å². The lowest BCUT2D eigenvalue weighted by Crippen LogP contribution is -2.46. The van der Waals surface area contributed by atoms with Gasteiger partial charge in [0.1, 0.15) is 0 Å². The van der Waals surface area contributed by atoms with Gasteiger partial charge in [-0.2, -0.15) is 0 Å². The zero-order chi connectivity index (χ0) is 20.3. The minimum Gasteiger partial charge on any atom is -0.352 e. The highest BCUT2D eigenvalue weighted by Crippen LogP contribution is 2.37. The van der Waals surface area contributed by atoms with Crippen molar-refractivity contribution in [3.63, 3.8) is 0 Å². The van der Waals surface area contributed by atoms with Crippen LogP contribution in [0.2, 0.25) is 0 Å². The van der Waals surface area contributed by atoms with Crippen LogP contribution in [0, 0.1) is 0 Å². The molecule has 6 nitrogen and oxygen atoms in total. The second-order valence-corrected chi connectivity index (χ2v) is 7.74. The van der Waals surface area contributed by atoms with Crippen LogP contribution >= 0.6 is 0 Å². The molecule has 1 aliphatic heterocycles. The fourth-order valence-corrected chi connectivity index (χ4v) is 4.16. The summed E-state index contributed by atoms with van der Waals surface area (Å²) in [5.74, 6) is 0.144. The third-order valence-corrected chi connectivity index (χ3v) is 5.67. The number of guanidine groups is 1. The second-order valence-electron chi connectivity index (χ2n) is 7.74. The van der Waals surface area contributed by atoms with Gasteiger partial charge < -0.3 is 10.2 Å². The van der Waals surface area contributed by atoms with Crippen molar-refractivity contribution in [1.82, 2.24) is 15.5 Å². The van der Waals surface area contributed by atoms with Gasteiger partial charge in [0.15, 0.2) is 5.54 Å². The molecule has 2 N–H and O–H groups in total. The second kappa shape index (κ2) is 8.07. The van der Waals surface area contributed by atoms with Crippen molar-refractivity contribution in [2.24, 2.45) is 4.99 Å². The predicted molar refractivity (Wildman–Crippen MR) is 112 cm³/mol. The Morgan fingerprint density at radius 1 is 1.07 bits per heavy atom. The minimum absolute atomic E-state index is 0.0479. The summed E-state index contributed by atoms with van der Waals surface area (Å²) in [7, 11) is 1.78. The first-order chi connectivity index (χ1) is 14.1. The van der Waals surface area contributed by atoms with Gasteiger partial charge >= 0.3 is 0 Å².